The van der Waals surface area contributed by atoms with Crippen LogP contribution in [0.25, 0.3) is 0 Å². The highest BCUT2D eigenvalue weighted by Crippen LogP contribution is 2.26. The van der Waals surface area contributed by atoms with E-state index in [0.29, 0.717) is 19.4 Å². The van der Waals surface area contributed by atoms with Crippen LogP contribution in [0, 0.1) is 19.8 Å². The number of amides is 1. The molecule has 1 aliphatic rings. The molecule has 5 nitrogen and oxygen atoms in total. The lowest BCUT2D eigenvalue weighted by Gasteiger charge is -2.31. The van der Waals surface area contributed by atoms with Crippen LogP contribution in [0.1, 0.15) is 24.0 Å². The summed E-state index contributed by atoms with van der Waals surface area (Å²) in [5.41, 5.74) is 2.91. The molecule has 1 aliphatic heterocycles. The number of hydrogen-bond acceptors (Lipinski definition) is 3. The van der Waals surface area contributed by atoms with E-state index in [0.717, 1.165) is 21.3 Å². The Labute approximate surface area is 169 Å². The van der Waals surface area contributed by atoms with Gasteiger partial charge in [-0.2, -0.15) is 4.31 Å². The summed E-state index contributed by atoms with van der Waals surface area (Å²) < 4.78 is 28.0. The molecule has 0 radical (unpaired) electrons. The van der Waals surface area contributed by atoms with Crippen molar-refractivity contribution in [2.45, 2.75) is 31.6 Å². The number of halogens is 1. The van der Waals surface area contributed by atoms with Crippen LogP contribution in [0.3, 0.4) is 0 Å². The molecule has 2 aromatic rings. The fourth-order valence-electron chi connectivity index (χ4n) is 3.42. The van der Waals surface area contributed by atoms with Crippen LogP contribution in [-0.2, 0) is 14.8 Å². The third-order valence-electron chi connectivity index (χ3n) is 4.70. The number of hydrogen-bond donors (Lipinski definition) is 1. The first-order valence-corrected chi connectivity index (χ1v) is 11.1. The number of sulfonamides is 1. The van der Waals surface area contributed by atoms with Gasteiger partial charge in [-0.3, -0.25) is 4.79 Å². The molecule has 0 unspecified atom stereocenters. The Bertz CT molecular complexity index is 922. The maximum Gasteiger partial charge on any atom is 0.243 e. The summed E-state index contributed by atoms with van der Waals surface area (Å²) in [5, 5.41) is 2.95. The molecule has 1 saturated heterocycles. The second kappa shape index (κ2) is 8.12. The SMILES string of the molecule is Cc1cc(C)cc(NC(=O)[C@@H]2CCCN(S(=O)(=O)c3ccc(Br)cc3)C2)c1. The Kier molecular flexibility index (Phi) is 6.03. The zero-order valence-corrected chi connectivity index (χ0v) is 17.8. The molecule has 2 aromatic carbocycles. The number of nitrogens with one attached hydrogen (secondary N) is 1. The molecule has 1 heterocycles. The van der Waals surface area contributed by atoms with Crippen LogP contribution in [-0.4, -0.2) is 31.7 Å². The van der Waals surface area contributed by atoms with Gasteiger partial charge in [0.2, 0.25) is 15.9 Å². The van der Waals surface area contributed by atoms with Crippen LogP contribution < -0.4 is 5.32 Å². The quantitative estimate of drug-likeness (QED) is 0.761. The lowest BCUT2D eigenvalue weighted by Crippen LogP contribution is -2.43. The van der Waals surface area contributed by atoms with E-state index in [-0.39, 0.29) is 23.3 Å². The first kappa shape index (κ1) is 20.0. The highest BCUT2D eigenvalue weighted by molar-refractivity contribution is 9.10. The summed E-state index contributed by atoms with van der Waals surface area (Å²) in [5.74, 6) is -0.486. The molecule has 3 rings (SSSR count). The van der Waals surface area contributed by atoms with Crippen molar-refractivity contribution in [3.63, 3.8) is 0 Å². The van der Waals surface area contributed by atoms with Gasteiger partial charge in [-0.05, 0) is 74.2 Å². The van der Waals surface area contributed by atoms with Gasteiger partial charge in [-0.15, -0.1) is 0 Å². The fourth-order valence-corrected chi connectivity index (χ4v) is 5.21. The Hall–Kier alpha value is -1.70. The van der Waals surface area contributed by atoms with Gasteiger partial charge in [-0.1, -0.05) is 22.0 Å². The maximum absolute atomic E-state index is 12.9. The minimum absolute atomic E-state index is 0.129. The molecule has 1 amide bonds. The van der Waals surface area contributed by atoms with Crippen LogP contribution in [0.2, 0.25) is 0 Å². The van der Waals surface area contributed by atoms with Gasteiger partial charge in [0.15, 0.2) is 0 Å². The molecule has 7 heteroatoms. The van der Waals surface area contributed by atoms with Crippen LogP contribution >= 0.6 is 15.9 Å². The Balaban J connectivity index is 1.73. The number of aryl methyl sites for hydroxylation is 2. The summed E-state index contributed by atoms with van der Waals surface area (Å²) in [4.78, 5) is 13.0. The third-order valence-corrected chi connectivity index (χ3v) is 7.10. The summed E-state index contributed by atoms with van der Waals surface area (Å²) >= 11 is 3.32. The van der Waals surface area contributed by atoms with E-state index < -0.39 is 10.0 Å². The van der Waals surface area contributed by atoms with E-state index in [1.165, 1.54) is 4.31 Å². The van der Waals surface area contributed by atoms with E-state index in [9.17, 15) is 13.2 Å². The van der Waals surface area contributed by atoms with Crippen LogP contribution in [0.5, 0.6) is 0 Å². The fraction of sp³-hybridized carbons (Fsp3) is 0.350. The zero-order chi connectivity index (χ0) is 19.6. The van der Waals surface area contributed by atoms with Crippen molar-refractivity contribution in [3.05, 3.63) is 58.1 Å². The molecule has 0 saturated carbocycles. The molecule has 144 valence electrons. The molecule has 0 bridgehead atoms. The van der Waals surface area contributed by atoms with Gasteiger partial charge < -0.3 is 5.32 Å². The largest absolute Gasteiger partial charge is 0.326 e. The lowest BCUT2D eigenvalue weighted by atomic mass is 9.98. The van der Waals surface area contributed by atoms with Crippen molar-refractivity contribution in [1.82, 2.24) is 4.31 Å². The number of benzene rings is 2. The Morgan fingerprint density at radius 1 is 1.11 bits per heavy atom. The third kappa shape index (κ3) is 4.78. The number of carbonyl (C=O) groups excluding carboxylic acids is 1. The first-order valence-electron chi connectivity index (χ1n) is 8.90. The van der Waals surface area contributed by atoms with Crippen molar-refractivity contribution in [2.75, 3.05) is 18.4 Å². The second-order valence-corrected chi connectivity index (χ2v) is 9.88. The number of rotatable bonds is 4. The van der Waals surface area contributed by atoms with E-state index >= 15 is 0 Å². The summed E-state index contributed by atoms with van der Waals surface area (Å²) in [6.07, 6.45) is 1.35. The second-order valence-electron chi connectivity index (χ2n) is 7.02. The summed E-state index contributed by atoms with van der Waals surface area (Å²) in [6, 6.07) is 12.5. The number of piperidine rings is 1. The highest BCUT2D eigenvalue weighted by Gasteiger charge is 2.33. The van der Waals surface area contributed by atoms with E-state index in [2.05, 4.69) is 21.2 Å². The van der Waals surface area contributed by atoms with Crippen molar-refractivity contribution >= 4 is 37.5 Å². The molecule has 0 aromatic heterocycles. The normalized spacial score (nSPS) is 18.3. The van der Waals surface area contributed by atoms with Gasteiger partial charge in [0, 0.05) is 23.2 Å². The standard InChI is InChI=1S/C20H23BrN2O3S/c1-14-10-15(2)12-18(11-14)22-20(24)16-4-3-9-23(13-16)27(25,26)19-7-5-17(21)6-8-19/h5-8,10-12,16H,3-4,9,13H2,1-2H3,(H,22,24)/t16-/m1/s1. The average Bonchev–Trinajstić information content (AvgIpc) is 2.61. The predicted molar refractivity (Wildman–Crippen MR) is 110 cm³/mol. The molecule has 0 spiro atoms. The molecule has 1 fully saturated rings. The summed E-state index contributed by atoms with van der Waals surface area (Å²) in [6.45, 7) is 4.60. The smallest absolute Gasteiger partial charge is 0.243 e. The predicted octanol–water partition coefficient (Wildman–Crippen LogP) is 4.11. The minimum Gasteiger partial charge on any atom is -0.326 e. The van der Waals surface area contributed by atoms with E-state index in [1.807, 2.05) is 32.0 Å². The van der Waals surface area contributed by atoms with Crippen LogP contribution in [0.15, 0.2) is 51.8 Å². The molecular formula is C20H23BrN2O3S. The first-order chi connectivity index (χ1) is 12.8. The maximum atomic E-state index is 12.9. The van der Waals surface area contributed by atoms with Crippen molar-refractivity contribution in [3.8, 4) is 0 Å². The van der Waals surface area contributed by atoms with E-state index in [1.54, 1.807) is 24.3 Å². The molecule has 1 atom stereocenters. The minimum atomic E-state index is -3.60. The van der Waals surface area contributed by atoms with Gasteiger partial charge >= 0.3 is 0 Å². The van der Waals surface area contributed by atoms with Crippen molar-refractivity contribution in [1.29, 1.82) is 0 Å². The molecular weight excluding hydrogens is 428 g/mol. The molecule has 27 heavy (non-hydrogen) atoms. The zero-order valence-electron chi connectivity index (χ0n) is 15.4. The average molecular weight is 451 g/mol. The Morgan fingerprint density at radius 2 is 1.74 bits per heavy atom. The van der Waals surface area contributed by atoms with Crippen molar-refractivity contribution in [2.24, 2.45) is 5.92 Å². The molecule has 1 N–H and O–H groups in total. The van der Waals surface area contributed by atoms with Crippen LogP contribution in [0.4, 0.5) is 5.69 Å². The lowest BCUT2D eigenvalue weighted by molar-refractivity contribution is -0.120. The van der Waals surface area contributed by atoms with Crippen molar-refractivity contribution < 1.29 is 13.2 Å². The monoisotopic (exact) mass is 450 g/mol. The Morgan fingerprint density at radius 3 is 2.37 bits per heavy atom. The number of nitrogens with zero attached hydrogens (tertiary/aromatic N) is 1. The molecule has 0 aliphatic carbocycles. The van der Waals surface area contributed by atoms with Gasteiger partial charge in [-0.25, -0.2) is 8.42 Å². The van der Waals surface area contributed by atoms with E-state index in [4.69, 9.17) is 0 Å². The van der Waals surface area contributed by atoms with Gasteiger partial charge in [0.1, 0.15) is 0 Å². The number of carbonyl (C=O) groups is 1. The topological polar surface area (TPSA) is 66.5 Å². The van der Waals surface area contributed by atoms with Gasteiger partial charge in [0.05, 0.1) is 10.8 Å². The number of anilines is 1. The summed E-state index contributed by atoms with van der Waals surface area (Å²) in [7, 11) is -3.60. The van der Waals surface area contributed by atoms with Gasteiger partial charge in [0.25, 0.3) is 0 Å². The highest BCUT2D eigenvalue weighted by atomic mass is 79.9.